The summed E-state index contributed by atoms with van der Waals surface area (Å²) in [5.74, 6) is 0.0328. The van der Waals surface area contributed by atoms with Crippen LogP contribution in [0.25, 0.3) is 5.13 Å². The number of piperazine rings is 1. The molecule has 2 aliphatic heterocycles. The molecule has 0 N–H and O–H groups in total. The molecular weight excluding hydrogens is 432 g/mol. The normalized spacial score (nSPS) is 17.3. The minimum Gasteiger partial charge on any atom is -0.368 e. The maximum atomic E-state index is 13.3. The van der Waals surface area contributed by atoms with Gasteiger partial charge in [-0.25, -0.2) is 0 Å². The third-order valence-electron chi connectivity index (χ3n) is 5.94. The molecule has 2 fully saturated rings. The second kappa shape index (κ2) is 8.88. The van der Waals surface area contributed by atoms with E-state index in [4.69, 9.17) is 11.6 Å². The first-order valence-electron chi connectivity index (χ1n) is 10.7. The molecule has 2 aromatic heterocycles. The predicted octanol–water partition coefficient (Wildman–Crippen LogP) is 3.93. The molecule has 9 heteroatoms. The van der Waals surface area contributed by atoms with Crippen molar-refractivity contribution in [3.8, 4) is 5.13 Å². The standard InChI is InChI=1S/C22H25ClN6OS/c23-17-6-4-7-18(16-17)26-12-14-27(15-13-26)20(30)19-8-5-11-29(19)22-25-24-21(31-22)28-9-2-1-3-10-28/h4-8,11,16H,1-3,9-10,12-15H2. The van der Waals surface area contributed by atoms with Crippen LogP contribution >= 0.6 is 22.9 Å². The zero-order chi connectivity index (χ0) is 21.2. The van der Waals surface area contributed by atoms with Crippen LogP contribution in [-0.2, 0) is 0 Å². The van der Waals surface area contributed by atoms with Gasteiger partial charge in [-0.2, -0.15) is 0 Å². The number of anilines is 2. The molecule has 1 amide bonds. The average molecular weight is 457 g/mol. The van der Waals surface area contributed by atoms with E-state index in [2.05, 4.69) is 26.1 Å². The van der Waals surface area contributed by atoms with Gasteiger partial charge in [0.15, 0.2) is 0 Å². The largest absolute Gasteiger partial charge is 0.368 e. The van der Waals surface area contributed by atoms with Gasteiger partial charge in [0, 0.05) is 56.2 Å². The maximum Gasteiger partial charge on any atom is 0.271 e. The summed E-state index contributed by atoms with van der Waals surface area (Å²) in [5, 5.41) is 11.2. The summed E-state index contributed by atoms with van der Waals surface area (Å²) in [6, 6.07) is 11.6. The van der Waals surface area contributed by atoms with Gasteiger partial charge >= 0.3 is 0 Å². The highest BCUT2D eigenvalue weighted by molar-refractivity contribution is 7.17. The Kier molecular flexibility index (Phi) is 5.82. The molecule has 0 bridgehead atoms. The SMILES string of the molecule is O=C(c1cccn1-c1nnc(N2CCCCC2)s1)N1CCN(c2cccc(Cl)c2)CC1. The second-order valence-corrected chi connectivity index (χ2v) is 9.31. The molecule has 0 spiro atoms. The van der Waals surface area contributed by atoms with Crippen molar-refractivity contribution in [2.75, 3.05) is 49.1 Å². The van der Waals surface area contributed by atoms with Crippen molar-refractivity contribution in [2.24, 2.45) is 0 Å². The Bertz CT molecular complexity index is 1050. The van der Waals surface area contributed by atoms with Crippen molar-refractivity contribution < 1.29 is 4.79 Å². The van der Waals surface area contributed by atoms with Crippen molar-refractivity contribution in [2.45, 2.75) is 19.3 Å². The van der Waals surface area contributed by atoms with E-state index in [-0.39, 0.29) is 5.91 Å². The highest BCUT2D eigenvalue weighted by atomic mass is 35.5. The number of amides is 1. The van der Waals surface area contributed by atoms with Crippen LogP contribution < -0.4 is 9.80 Å². The molecule has 5 rings (SSSR count). The molecule has 2 saturated heterocycles. The van der Waals surface area contributed by atoms with Crippen molar-refractivity contribution in [1.29, 1.82) is 0 Å². The summed E-state index contributed by atoms with van der Waals surface area (Å²) in [6.45, 7) is 4.97. The molecule has 2 aliphatic rings. The van der Waals surface area contributed by atoms with Gasteiger partial charge in [0.1, 0.15) is 5.69 Å². The van der Waals surface area contributed by atoms with Gasteiger partial charge in [-0.3, -0.25) is 9.36 Å². The summed E-state index contributed by atoms with van der Waals surface area (Å²) in [7, 11) is 0. The number of rotatable bonds is 4. The Hall–Kier alpha value is -2.58. The number of hydrogen-bond acceptors (Lipinski definition) is 6. The Morgan fingerprint density at radius 3 is 2.42 bits per heavy atom. The van der Waals surface area contributed by atoms with Crippen LogP contribution in [0.4, 0.5) is 10.8 Å². The van der Waals surface area contributed by atoms with Crippen LogP contribution in [0.1, 0.15) is 29.8 Å². The number of carbonyl (C=O) groups is 1. The minimum atomic E-state index is 0.0328. The number of nitrogens with zero attached hydrogens (tertiary/aromatic N) is 6. The molecule has 0 unspecified atom stereocenters. The van der Waals surface area contributed by atoms with E-state index < -0.39 is 0 Å². The molecular formula is C22H25ClN6OS. The molecule has 0 saturated carbocycles. The van der Waals surface area contributed by atoms with E-state index in [1.54, 1.807) is 11.3 Å². The van der Waals surface area contributed by atoms with Crippen molar-refractivity contribution >= 4 is 39.7 Å². The highest BCUT2D eigenvalue weighted by Gasteiger charge is 2.26. The Morgan fingerprint density at radius 1 is 0.871 bits per heavy atom. The Labute approximate surface area is 190 Å². The van der Waals surface area contributed by atoms with Crippen LogP contribution in [0, 0.1) is 0 Å². The minimum absolute atomic E-state index is 0.0328. The molecule has 4 heterocycles. The van der Waals surface area contributed by atoms with Crippen molar-refractivity contribution in [3.05, 3.63) is 53.3 Å². The number of hydrogen-bond donors (Lipinski definition) is 0. The molecule has 162 valence electrons. The van der Waals surface area contributed by atoms with Crippen LogP contribution in [0.2, 0.25) is 5.02 Å². The average Bonchev–Trinajstić information content (AvgIpc) is 3.49. The number of halogens is 1. The molecule has 31 heavy (non-hydrogen) atoms. The van der Waals surface area contributed by atoms with Gasteiger partial charge in [-0.15, -0.1) is 10.2 Å². The smallest absolute Gasteiger partial charge is 0.271 e. The van der Waals surface area contributed by atoms with E-state index in [0.29, 0.717) is 18.8 Å². The molecule has 1 aromatic carbocycles. The van der Waals surface area contributed by atoms with Crippen LogP contribution in [-0.4, -0.2) is 64.8 Å². The lowest BCUT2D eigenvalue weighted by Crippen LogP contribution is -2.49. The first-order chi connectivity index (χ1) is 15.2. The van der Waals surface area contributed by atoms with Crippen LogP contribution in [0.5, 0.6) is 0 Å². The summed E-state index contributed by atoms with van der Waals surface area (Å²) in [5.41, 5.74) is 1.74. The fourth-order valence-electron chi connectivity index (χ4n) is 4.24. The monoisotopic (exact) mass is 456 g/mol. The van der Waals surface area contributed by atoms with Gasteiger partial charge in [0.05, 0.1) is 0 Å². The molecule has 3 aromatic rings. The maximum absolute atomic E-state index is 13.3. The van der Waals surface area contributed by atoms with Crippen molar-refractivity contribution in [3.63, 3.8) is 0 Å². The lowest BCUT2D eigenvalue weighted by atomic mass is 10.1. The number of carbonyl (C=O) groups excluding carboxylic acids is 1. The first kappa shape index (κ1) is 20.3. The van der Waals surface area contributed by atoms with Gasteiger partial charge < -0.3 is 14.7 Å². The summed E-state index contributed by atoms with van der Waals surface area (Å²) >= 11 is 7.68. The Morgan fingerprint density at radius 2 is 1.65 bits per heavy atom. The fraction of sp³-hybridized carbons (Fsp3) is 0.409. The van der Waals surface area contributed by atoms with Crippen molar-refractivity contribution in [1.82, 2.24) is 19.7 Å². The zero-order valence-corrected chi connectivity index (χ0v) is 18.9. The van der Waals surface area contributed by atoms with Crippen LogP contribution in [0.3, 0.4) is 0 Å². The molecule has 0 atom stereocenters. The first-order valence-corrected chi connectivity index (χ1v) is 11.9. The molecule has 7 nitrogen and oxygen atoms in total. The van der Waals surface area contributed by atoms with Gasteiger partial charge in [0.25, 0.3) is 5.91 Å². The predicted molar refractivity (Wildman–Crippen MR) is 125 cm³/mol. The van der Waals surface area contributed by atoms with Gasteiger partial charge in [0.2, 0.25) is 10.3 Å². The van der Waals surface area contributed by atoms with Gasteiger partial charge in [-0.1, -0.05) is 29.0 Å². The fourth-order valence-corrected chi connectivity index (χ4v) is 5.32. The lowest BCUT2D eigenvalue weighted by molar-refractivity contribution is 0.0739. The van der Waals surface area contributed by atoms with E-state index in [1.165, 1.54) is 19.3 Å². The van der Waals surface area contributed by atoms with E-state index in [9.17, 15) is 4.79 Å². The number of benzene rings is 1. The number of piperidine rings is 1. The Balaban J connectivity index is 1.27. The number of aromatic nitrogens is 3. The third kappa shape index (κ3) is 4.27. The summed E-state index contributed by atoms with van der Waals surface area (Å²) in [6.07, 6.45) is 5.58. The molecule has 0 aliphatic carbocycles. The summed E-state index contributed by atoms with van der Waals surface area (Å²) in [4.78, 5) is 19.8. The third-order valence-corrected chi connectivity index (χ3v) is 7.16. The topological polar surface area (TPSA) is 57.5 Å². The van der Waals surface area contributed by atoms with E-state index in [0.717, 1.165) is 47.2 Å². The second-order valence-electron chi connectivity index (χ2n) is 7.94. The highest BCUT2D eigenvalue weighted by Crippen LogP contribution is 2.27. The van der Waals surface area contributed by atoms with E-state index in [1.807, 2.05) is 46.0 Å². The van der Waals surface area contributed by atoms with Crippen LogP contribution in [0.15, 0.2) is 42.6 Å². The summed E-state index contributed by atoms with van der Waals surface area (Å²) < 4.78 is 1.87. The molecule has 0 radical (unpaired) electrons. The van der Waals surface area contributed by atoms with Gasteiger partial charge in [-0.05, 0) is 49.6 Å². The zero-order valence-electron chi connectivity index (χ0n) is 17.3. The quantitative estimate of drug-likeness (QED) is 0.595. The lowest BCUT2D eigenvalue weighted by Gasteiger charge is -2.36. The van der Waals surface area contributed by atoms with E-state index >= 15 is 0 Å².